The van der Waals surface area contributed by atoms with Gasteiger partial charge in [-0.1, -0.05) is 0 Å². The first-order chi connectivity index (χ1) is 17.0. The van der Waals surface area contributed by atoms with Gasteiger partial charge in [-0.15, -0.1) is 0 Å². The van der Waals surface area contributed by atoms with E-state index in [9.17, 15) is 22.8 Å². The Labute approximate surface area is 203 Å². The molecule has 0 bridgehead atoms. The molecule has 4 aromatic rings. The van der Waals surface area contributed by atoms with E-state index in [0.29, 0.717) is 11.3 Å². The van der Waals surface area contributed by atoms with Crippen molar-refractivity contribution in [2.75, 3.05) is 5.73 Å². The van der Waals surface area contributed by atoms with Crippen LogP contribution in [0.15, 0.2) is 59.8 Å². The Morgan fingerprint density at radius 2 is 1.89 bits per heavy atom. The second-order valence-electron chi connectivity index (χ2n) is 8.22. The number of nitrogens with zero attached hydrogens (tertiary/aromatic N) is 5. The summed E-state index contributed by atoms with van der Waals surface area (Å²) in [5.74, 6) is -0.678. The number of nitrogens with one attached hydrogen (secondary N) is 1. The first-order valence-electron chi connectivity index (χ1n) is 10.8. The van der Waals surface area contributed by atoms with Gasteiger partial charge in [0.2, 0.25) is 0 Å². The summed E-state index contributed by atoms with van der Waals surface area (Å²) in [6.07, 6.45) is 0.0611. The van der Waals surface area contributed by atoms with E-state index in [-0.39, 0.29) is 22.5 Å². The van der Waals surface area contributed by atoms with Crippen LogP contribution in [0, 0.1) is 6.92 Å². The van der Waals surface area contributed by atoms with Gasteiger partial charge < -0.3 is 11.1 Å². The summed E-state index contributed by atoms with van der Waals surface area (Å²) >= 11 is 0. The molecule has 0 fully saturated rings. The predicted octanol–water partition coefficient (Wildman–Crippen LogP) is 3.43. The monoisotopic (exact) mass is 497 g/mol. The van der Waals surface area contributed by atoms with E-state index >= 15 is 0 Å². The van der Waals surface area contributed by atoms with Gasteiger partial charge in [-0.25, -0.2) is 0 Å². The summed E-state index contributed by atoms with van der Waals surface area (Å²) in [6.45, 7) is 2.86. The van der Waals surface area contributed by atoms with Gasteiger partial charge in [0.1, 0.15) is 5.69 Å². The maximum absolute atomic E-state index is 13.4. The van der Waals surface area contributed by atoms with Gasteiger partial charge in [-0.05, 0) is 55.3 Å². The molecule has 12 heteroatoms. The van der Waals surface area contributed by atoms with Crippen LogP contribution < -0.4 is 16.6 Å². The van der Waals surface area contributed by atoms with Crippen LogP contribution in [0.5, 0.6) is 0 Å². The lowest BCUT2D eigenvalue weighted by Gasteiger charge is -2.20. The summed E-state index contributed by atoms with van der Waals surface area (Å²) < 4.78 is 42.8. The summed E-state index contributed by atoms with van der Waals surface area (Å²) in [7, 11) is 1.76. The minimum absolute atomic E-state index is 0.0412. The first-order valence-corrected chi connectivity index (χ1v) is 10.8. The molecule has 0 aliphatic rings. The molecule has 3 heterocycles. The van der Waals surface area contributed by atoms with Crippen LogP contribution in [0.1, 0.15) is 40.1 Å². The smallest absolute Gasteiger partial charge is 0.399 e. The summed E-state index contributed by atoms with van der Waals surface area (Å²) in [5.41, 5.74) is 6.09. The molecule has 1 amide bonds. The van der Waals surface area contributed by atoms with Crippen molar-refractivity contribution >= 4 is 11.6 Å². The molecular weight excluding hydrogens is 475 g/mol. The number of hydrogen-bond donors (Lipinski definition) is 2. The maximum atomic E-state index is 13.4. The Hall–Kier alpha value is -4.48. The van der Waals surface area contributed by atoms with Gasteiger partial charge in [0, 0.05) is 36.8 Å². The van der Waals surface area contributed by atoms with Gasteiger partial charge in [0.15, 0.2) is 0 Å². The van der Waals surface area contributed by atoms with Gasteiger partial charge >= 0.3 is 6.18 Å². The van der Waals surface area contributed by atoms with Gasteiger partial charge in [0.05, 0.1) is 29.2 Å². The number of alkyl halides is 3. The largest absolute Gasteiger partial charge is 0.416 e. The van der Waals surface area contributed by atoms with E-state index < -0.39 is 29.2 Å². The minimum atomic E-state index is -4.59. The number of nitrogens with two attached hydrogens (primary N) is 1. The molecule has 1 atom stereocenters. The Bertz CT molecular complexity index is 1510. The van der Waals surface area contributed by atoms with E-state index in [1.165, 1.54) is 38.2 Å². The molecule has 186 valence electrons. The quantitative estimate of drug-likeness (QED) is 0.408. The van der Waals surface area contributed by atoms with E-state index in [4.69, 9.17) is 5.73 Å². The third kappa shape index (κ3) is 4.83. The number of benzene rings is 1. The lowest BCUT2D eigenvalue weighted by molar-refractivity contribution is -0.138. The standard InChI is InChI=1S/C24H22F3N7O2/c1-13-18(9-16(28)10-19(13)24(25,26)27)14(2)31-23(36)20-4-5-22(35)34(32-20)17-8-15(11-29-12-17)21-6-7-30-33(21)3/h4-12,14H,28H2,1-3H3,(H,31,36)/t14-/m1/s1. The number of aromatic nitrogens is 5. The minimum Gasteiger partial charge on any atom is -0.399 e. The number of amides is 1. The molecule has 36 heavy (non-hydrogen) atoms. The molecule has 0 aliphatic heterocycles. The highest BCUT2D eigenvalue weighted by Crippen LogP contribution is 2.36. The van der Waals surface area contributed by atoms with Crippen LogP contribution in [-0.2, 0) is 13.2 Å². The van der Waals surface area contributed by atoms with Crippen LogP contribution in [0.25, 0.3) is 16.9 Å². The molecule has 0 spiro atoms. The number of aryl methyl sites for hydroxylation is 1. The number of anilines is 1. The van der Waals surface area contributed by atoms with Crippen molar-refractivity contribution in [3.05, 3.63) is 87.7 Å². The number of nitrogen functional groups attached to an aromatic ring is 1. The normalized spacial score (nSPS) is 12.4. The lowest BCUT2D eigenvalue weighted by atomic mass is 9.96. The fourth-order valence-corrected chi connectivity index (χ4v) is 3.91. The third-order valence-electron chi connectivity index (χ3n) is 5.71. The second-order valence-corrected chi connectivity index (χ2v) is 8.22. The van der Waals surface area contributed by atoms with Crippen LogP contribution in [0.4, 0.5) is 18.9 Å². The molecule has 4 rings (SSSR count). The zero-order valence-corrected chi connectivity index (χ0v) is 19.5. The van der Waals surface area contributed by atoms with Crippen molar-refractivity contribution in [2.24, 2.45) is 7.05 Å². The highest BCUT2D eigenvalue weighted by Gasteiger charge is 2.34. The SMILES string of the molecule is Cc1c([C@@H](C)NC(=O)c2ccc(=O)n(-c3cncc(-c4ccnn4C)c3)n2)cc(N)cc1C(F)(F)F. The summed E-state index contributed by atoms with van der Waals surface area (Å²) in [5, 5.41) is 10.9. The molecule has 3 N–H and O–H groups in total. The zero-order chi connectivity index (χ0) is 26.2. The second kappa shape index (κ2) is 9.29. The Morgan fingerprint density at radius 3 is 2.56 bits per heavy atom. The molecule has 0 saturated heterocycles. The number of halogens is 3. The fraction of sp³-hybridized carbons (Fsp3) is 0.208. The van der Waals surface area contributed by atoms with Crippen molar-refractivity contribution in [2.45, 2.75) is 26.1 Å². The van der Waals surface area contributed by atoms with E-state index in [0.717, 1.165) is 16.4 Å². The van der Waals surface area contributed by atoms with Crippen molar-refractivity contribution in [3.8, 4) is 16.9 Å². The molecule has 0 radical (unpaired) electrons. The van der Waals surface area contributed by atoms with Crippen molar-refractivity contribution < 1.29 is 18.0 Å². The topological polar surface area (TPSA) is 121 Å². The van der Waals surface area contributed by atoms with Crippen LogP contribution in [-0.4, -0.2) is 30.5 Å². The molecule has 1 aromatic carbocycles. The Morgan fingerprint density at radius 1 is 1.14 bits per heavy atom. The average Bonchev–Trinajstić information content (AvgIpc) is 3.25. The highest BCUT2D eigenvalue weighted by atomic mass is 19.4. The molecule has 0 unspecified atom stereocenters. The van der Waals surface area contributed by atoms with Gasteiger partial charge in [0.25, 0.3) is 11.5 Å². The van der Waals surface area contributed by atoms with Gasteiger partial charge in [-0.3, -0.25) is 19.3 Å². The van der Waals surface area contributed by atoms with Crippen LogP contribution in [0.2, 0.25) is 0 Å². The number of hydrogen-bond acceptors (Lipinski definition) is 6. The number of pyridine rings is 1. The summed E-state index contributed by atoms with van der Waals surface area (Å²) in [4.78, 5) is 29.6. The van der Waals surface area contributed by atoms with Crippen LogP contribution in [0.3, 0.4) is 0 Å². The lowest BCUT2D eigenvalue weighted by Crippen LogP contribution is -2.31. The Balaban J connectivity index is 1.64. The van der Waals surface area contributed by atoms with E-state index in [1.807, 2.05) is 0 Å². The van der Waals surface area contributed by atoms with Crippen molar-refractivity contribution in [1.82, 2.24) is 29.9 Å². The fourth-order valence-electron chi connectivity index (χ4n) is 3.91. The number of carbonyl (C=O) groups excluding carboxylic acids is 1. The van der Waals surface area contributed by atoms with E-state index in [1.54, 1.807) is 36.3 Å². The summed E-state index contributed by atoms with van der Waals surface area (Å²) in [6, 6.07) is 7.31. The molecule has 0 saturated carbocycles. The average molecular weight is 497 g/mol. The zero-order valence-electron chi connectivity index (χ0n) is 19.5. The predicted molar refractivity (Wildman–Crippen MR) is 126 cm³/mol. The Kier molecular flexibility index (Phi) is 6.35. The van der Waals surface area contributed by atoms with Crippen molar-refractivity contribution in [1.29, 1.82) is 0 Å². The molecular formula is C24H22F3N7O2. The van der Waals surface area contributed by atoms with Gasteiger partial charge in [-0.2, -0.15) is 28.1 Å². The molecule has 0 aliphatic carbocycles. The molecule has 3 aromatic heterocycles. The van der Waals surface area contributed by atoms with Crippen LogP contribution >= 0.6 is 0 Å². The number of carbonyl (C=O) groups is 1. The van der Waals surface area contributed by atoms with Crippen molar-refractivity contribution in [3.63, 3.8) is 0 Å². The third-order valence-corrected chi connectivity index (χ3v) is 5.71. The maximum Gasteiger partial charge on any atom is 0.416 e. The number of rotatable bonds is 5. The first kappa shape index (κ1) is 24.6. The molecule has 9 nitrogen and oxygen atoms in total. The highest BCUT2D eigenvalue weighted by molar-refractivity contribution is 5.92. The van der Waals surface area contributed by atoms with E-state index in [2.05, 4.69) is 20.5 Å².